The van der Waals surface area contributed by atoms with Gasteiger partial charge < -0.3 is 19.3 Å². The molecule has 2 heterocycles. The lowest BCUT2D eigenvalue weighted by atomic mass is 9.76. The van der Waals surface area contributed by atoms with Crippen LogP contribution in [0.25, 0.3) is 11.1 Å². The number of hydrogen-bond acceptors (Lipinski definition) is 6. The molecule has 4 atom stereocenters. The van der Waals surface area contributed by atoms with Gasteiger partial charge in [-0.05, 0) is 104 Å². The molecule has 0 unspecified atom stereocenters. The fraction of sp³-hybridized carbons (Fsp3) is 0.308. The molecule has 0 aromatic heterocycles. The number of carboxylic acid groups (broad SMARTS) is 1. The third-order valence-corrected chi connectivity index (χ3v) is 11.9. The van der Waals surface area contributed by atoms with Crippen molar-refractivity contribution >= 4 is 27.6 Å². The predicted molar refractivity (Wildman–Crippen MR) is 190 cm³/mol. The molecule has 2 fully saturated rings. The molecule has 4 aromatic carbocycles. The first-order valence-electron chi connectivity index (χ1n) is 16.3. The topological polar surface area (TPSA) is 102 Å². The number of ether oxygens (including phenoxy) is 3. The summed E-state index contributed by atoms with van der Waals surface area (Å²) in [5, 5.41) is 10.1. The molecule has 0 radical (unpaired) electrons. The molecule has 8 nitrogen and oxygen atoms in total. The summed E-state index contributed by atoms with van der Waals surface area (Å²) in [6.07, 6.45) is 0.429. The highest BCUT2D eigenvalue weighted by Crippen LogP contribution is 2.48. The van der Waals surface area contributed by atoms with E-state index in [1.165, 1.54) is 0 Å². The molecule has 4 aromatic rings. The number of piperidine rings is 1. The molecule has 0 aliphatic carbocycles. The fourth-order valence-electron chi connectivity index (χ4n) is 6.87. The summed E-state index contributed by atoms with van der Waals surface area (Å²) >= 11 is 6.37. The van der Waals surface area contributed by atoms with Gasteiger partial charge in [-0.1, -0.05) is 66.2 Å². The number of aryl methyl sites for hydroxylation is 2. The molecule has 2 aliphatic rings. The van der Waals surface area contributed by atoms with Crippen LogP contribution < -0.4 is 9.47 Å². The van der Waals surface area contributed by atoms with E-state index >= 15 is 0 Å². The van der Waals surface area contributed by atoms with Gasteiger partial charge in [-0.15, -0.1) is 0 Å². The minimum absolute atomic E-state index is 0.0621. The number of carbonyl (C=O) groups is 1. The zero-order valence-electron chi connectivity index (χ0n) is 27.8. The van der Waals surface area contributed by atoms with Gasteiger partial charge in [-0.3, -0.25) is 0 Å². The maximum absolute atomic E-state index is 13.8. The van der Waals surface area contributed by atoms with E-state index in [1.807, 2.05) is 81.4 Å². The van der Waals surface area contributed by atoms with Crippen LogP contribution in [0, 0.1) is 25.7 Å². The number of nitrogens with zero attached hydrogens (tertiary/aromatic N) is 1. The summed E-state index contributed by atoms with van der Waals surface area (Å²) in [5.74, 6) is 0.192. The molecule has 10 heteroatoms. The van der Waals surface area contributed by atoms with E-state index in [4.69, 9.17) is 25.8 Å². The summed E-state index contributed by atoms with van der Waals surface area (Å²) in [5.41, 5.74) is 5.28. The van der Waals surface area contributed by atoms with Crippen molar-refractivity contribution in [2.75, 3.05) is 19.7 Å². The van der Waals surface area contributed by atoms with E-state index in [9.17, 15) is 18.3 Å². The van der Waals surface area contributed by atoms with Gasteiger partial charge in [0.15, 0.2) is 6.61 Å². The SMILES string of the molecule is C=C(C)[C@H]1C[C@@H]2CN(S(=O)(=O)c3ccc(-c4ccccc4)cc3)CC[C@@H]2O[C@@H]1c1cc(Oc2cc(C)c(Cl)c(C)c2)ccc1OCC(=O)O. The van der Waals surface area contributed by atoms with Crippen molar-refractivity contribution in [2.45, 2.75) is 50.7 Å². The standard InChI is InChI=1S/C39H40ClNO7S/c1-24(2)33-20-29-22-41(49(44,45)32-13-10-28(11-14-32)27-8-6-5-7-9-27)17-16-35(29)48-39(33)34-21-30(12-15-36(34)46-23-37(42)43)47-31-18-25(3)38(40)26(4)19-31/h5-15,18-19,21,29,33,35,39H,1,16-17,20,22-23H2,2-4H3,(H,42,43)/t29-,33-,35+,39+/m1/s1. The summed E-state index contributed by atoms with van der Waals surface area (Å²) in [7, 11) is -3.73. The maximum Gasteiger partial charge on any atom is 0.341 e. The smallest absolute Gasteiger partial charge is 0.341 e. The molecule has 0 bridgehead atoms. The van der Waals surface area contributed by atoms with Crippen molar-refractivity contribution in [3.05, 3.63) is 119 Å². The number of aliphatic carboxylic acids is 1. The van der Waals surface area contributed by atoms with E-state index in [2.05, 4.69) is 6.58 Å². The Morgan fingerprint density at radius 3 is 2.31 bits per heavy atom. The van der Waals surface area contributed by atoms with Crippen LogP contribution in [-0.2, 0) is 19.6 Å². The average Bonchev–Trinajstić information content (AvgIpc) is 3.09. The summed E-state index contributed by atoms with van der Waals surface area (Å²) in [4.78, 5) is 11.7. The minimum atomic E-state index is -3.73. The lowest BCUT2D eigenvalue weighted by molar-refractivity contribution is -0.139. The number of sulfonamides is 1. The molecule has 6 rings (SSSR count). The molecule has 0 spiro atoms. The van der Waals surface area contributed by atoms with Gasteiger partial charge in [0, 0.05) is 29.6 Å². The highest BCUT2D eigenvalue weighted by Gasteiger charge is 2.45. The van der Waals surface area contributed by atoms with Crippen LogP contribution in [0.2, 0.25) is 5.02 Å². The normalized spacial score (nSPS) is 21.1. The molecule has 2 saturated heterocycles. The first kappa shape index (κ1) is 34.7. The number of carboxylic acids is 1. The Labute approximate surface area is 292 Å². The molecule has 49 heavy (non-hydrogen) atoms. The van der Waals surface area contributed by atoms with Crippen molar-refractivity contribution in [2.24, 2.45) is 11.8 Å². The Hall–Kier alpha value is -4.15. The van der Waals surface area contributed by atoms with Gasteiger partial charge in [0.25, 0.3) is 0 Å². The third-order valence-electron chi connectivity index (χ3n) is 9.39. The molecular weight excluding hydrogens is 662 g/mol. The zero-order chi connectivity index (χ0) is 34.9. The highest BCUT2D eigenvalue weighted by molar-refractivity contribution is 7.89. The summed E-state index contributed by atoms with van der Waals surface area (Å²) in [6.45, 7) is 10.2. The van der Waals surface area contributed by atoms with Crippen LogP contribution in [0.15, 0.2) is 102 Å². The van der Waals surface area contributed by atoms with Gasteiger partial charge in [-0.25, -0.2) is 13.2 Å². The van der Waals surface area contributed by atoms with E-state index in [-0.39, 0.29) is 22.8 Å². The summed E-state index contributed by atoms with van der Waals surface area (Å²) < 4.78 is 48.0. The molecule has 256 valence electrons. The number of benzene rings is 4. The lowest BCUT2D eigenvalue weighted by Crippen LogP contribution is -2.50. The molecule has 1 N–H and O–H groups in total. The van der Waals surface area contributed by atoms with E-state index in [1.54, 1.807) is 28.6 Å². The van der Waals surface area contributed by atoms with Crippen molar-refractivity contribution in [3.8, 4) is 28.4 Å². The Bertz CT molecular complexity index is 1940. The monoisotopic (exact) mass is 701 g/mol. The molecule has 2 aliphatic heterocycles. The predicted octanol–water partition coefficient (Wildman–Crippen LogP) is 8.61. The average molecular weight is 702 g/mol. The number of fused-ring (bicyclic) bond motifs is 1. The van der Waals surface area contributed by atoms with Crippen LogP contribution in [-0.4, -0.2) is 49.6 Å². The minimum Gasteiger partial charge on any atom is -0.482 e. The Morgan fingerprint density at radius 1 is 0.980 bits per heavy atom. The van der Waals surface area contributed by atoms with E-state index < -0.39 is 28.7 Å². The largest absolute Gasteiger partial charge is 0.482 e. The molecular formula is C39H40ClNO7S. The Balaban J connectivity index is 1.24. The van der Waals surface area contributed by atoms with Crippen LogP contribution >= 0.6 is 11.6 Å². The van der Waals surface area contributed by atoms with Crippen molar-refractivity contribution in [3.63, 3.8) is 0 Å². The quantitative estimate of drug-likeness (QED) is 0.165. The Kier molecular flexibility index (Phi) is 10.2. The van der Waals surface area contributed by atoms with Crippen molar-refractivity contribution < 1.29 is 32.5 Å². The second-order valence-corrected chi connectivity index (χ2v) is 15.3. The fourth-order valence-corrected chi connectivity index (χ4v) is 8.49. The van der Waals surface area contributed by atoms with Gasteiger partial charge in [0.2, 0.25) is 10.0 Å². The van der Waals surface area contributed by atoms with E-state index in [0.717, 1.165) is 27.8 Å². The van der Waals surface area contributed by atoms with Gasteiger partial charge >= 0.3 is 5.97 Å². The lowest BCUT2D eigenvalue weighted by Gasteiger charge is -2.47. The van der Waals surface area contributed by atoms with Crippen molar-refractivity contribution in [1.29, 1.82) is 0 Å². The van der Waals surface area contributed by atoms with Crippen molar-refractivity contribution in [1.82, 2.24) is 4.31 Å². The van der Waals surface area contributed by atoms with Crippen LogP contribution in [0.1, 0.15) is 42.6 Å². The number of halogens is 1. The van der Waals surface area contributed by atoms with Crippen LogP contribution in [0.3, 0.4) is 0 Å². The van der Waals surface area contributed by atoms with Gasteiger partial charge in [0.1, 0.15) is 17.2 Å². The zero-order valence-corrected chi connectivity index (χ0v) is 29.3. The van der Waals surface area contributed by atoms with Gasteiger partial charge in [0.05, 0.1) is 17.1 Å². The number of hydrogen-bond donors (Lipinski definition) is 1. The maximum atomic E-state index is 13.8. The third kappa shape index (κ3) is 7.55. The second kappa shape index (κ2) is 14.4. The number of rotatable bonds is 10. The first-order valence-corrected chi connectivity index (χ1v) is 18.1. The first-order chi connectivity index (χ1) is 23.4. The molecule has 0 saturated carbocycles. The van der Waals surface area contributed by atoms with Crippen LogP contribution in [0.5, 0.6) is 17.2 Å². The van der Waals surface area contributed by atoms with Gasteiger partial charge in [-0.2, -0.15) is 4.31 Å². The second-order valence-electron chi connectivity index (χ2n) is 12.9. The van der Waals surface area contributed by atoms with E-state index in [0.29, 0.717) is 53.8 Å². The Morgan fingerprint density at radius 2 is 1.65 bits per heavy atom. The summed E-state index contributed by atoms with van der Waals surface area (Å²) in [6, 6.07) is 25.9. The highest BCUT2D eigenvalue weighted by atomic mass is 35.5. The molecule has 0 amide bonds. The van der Waals surface area contributed by atoms with Crippen LogP contribution in [0.4, 0.5) is 0 Å².